The number of hydrogen-bond donors (Lipinski definition) is 0. The fourth-order valence-electron chi connectivity index (χ4n) is 2.01. The monoisotopic (exact) mass is 249 g/mol. The van der Waals surface area contributed by atoms with Crippen molar-refractivity contribution >= 4 is 16.5 Å². The molecule has 0 unspecified atom stereocenters. The number of anilines is 1. The summed E-state index contributed by atoms with van der Waals surface area (Å²) >= 11 is 1.71. The molecule has 1 fully saturated rings. The van der Waals surface area contributed by atoms with Gasteiger partial charge in [-0.25, -0.2) is 4.98 Å². The van der Waals surface area contributed by atoms with Crippen LogP contribution in [0.25, 0.3) is 11.4 Å². The van der Waals surface area contributed by atoms with E-state index in [2.05, 4.69) is 20.9 Å². The third-order valence-corrected chi connectivity index (χ3v) is 3.88. The molecule has 0 N–H and O–H groups in total. The van der Waals surface area contributed by atoms with Gasteiger partial charge in [0.1, 0.15) is 0 Å². The molecule has 0 saturated carbocycles. The number of hydrogen-bond acceptors (Lipinski definition) is 4. The summed E-state index contributed by atoms with van der Waals surface area (Å²) in [5.41, 5.74) is 2.23. The zero-order valence-electron chi connectivity index (χ0n) is 9.80. The molecule has 1 aliphatic heterocycles. The molecule has 0 amide bonds. The van der Waals surface area contributed by atoms with Crippen LogP contribution >= 0.6 is 11.3 Å². The Bertz CT molecular complexity index is 499. The fourth-order valence-corrected chi connectivity index (χ4v) is 2.88. The van der Waals surface area contributed by atoms with Crippen molar-refractivity contribution in [2.75, 3.05) is 31.2 Å². The van der Waals surface area contributed by atoms with Crippen molar-refractivity contribution in [1.29, 1.82) is 0 Å². The Morgan fingerprint density at radius 3 is 2.88 bits per heavy atom. The maximum Gasteiger partial charge on any atom is 0.186 e. The molecule has 17 heavy (non-hydrogen) atoms. The highest BCUT2D eigenvalue weighted by Gasteiger charge is 2.15. The van der Waals surface area contributed by atoms with Crippen LogP contribution in [0.5, 0.6) is 0 Å². The van der Waals surface area contributed by atoms with Crippen LogP contribution in [-0.2, 0) is 11.8 Å². The van der Waals surface area contributed by atoms with Crippen LogP contribution in [0.3, 0.4) is 0 Å². The number of thiazole rings is 1. The van der Waals surface area contributed by atoms with Crippen LogP contribution in [0, 0.1) is 0 Å². The summed E-state index contributed by atoms with van der Waals surface area (Å²) in [5.74, 6) is 0. The number of nitrogens with zero attached hydrogens (tertiary/aromatic N) is 3. The Morgan fingerprint density at radius 1 is 1.35 bits per heavy atom. The summed E-state index contributed by atoms with van der Waals surface area (Å²) < 4.78 is 7.45. The second kappa shape index (κ2) is 4.50. The van der Waals surface area contributed by atoms with Crippen molar-refractivity contribution in [2.24, 2.45) is 7.05 Å². The summed E-state index contributed by atoms with van der Waals surface area (Å²) in [6, 6.07) is 4.14. The Kier molecular flexibility index (Phi) is 2.86. The zero-order chi connectivity index (χ0) is 11.7. The van der Waals surface area contributed by atoms with Gasteiger partial charge in [0.15, 0.2) is 5.13 Å². The highest BCUT2D eigenvalue weighted by Crippen LogP contribution is 2.27. The number of aryl methyl sites for hydroxylation is 1. The van der Waals surface area contributed by atoms with Gasteiger partial charge in [-0.3, -0.25) is 0 Å². The molecule has 0 bridgehead atoms. The van der Waals surface area contributed by atoms with Gasteiger partial charge in [0.05, 0.1) is 24.6 Å². The predicted octanol–water partition coefficient (Wildman–Crippen LogP) is 1.99. The molecule has 4 nitrogen and oxygen atoms in total. The molecule has 5 heteroatoms. The maximum absolute atomic E-state index is 5.35. The maximum atomic E-state index is 5.35. The van der Waals surface area contributed by atoms with Gasteiger partial charge >= 0.3 is 0 Å². The molecule has 0 atom stereocenters. The fraction of sp³-hybridized carbons (Fsp3) is 0.417. The van der Waals surface area contributed by atoms with Gasteiger partial charge in [0, 0.05) is 31.7 Å². The molecule has 0 aliphatic carbocycles. The van der Waals surface area contributed by atoms with Crippen molar-refractivity contribution in [1.82, 2.24) is 9.55 Å². The van der Waals surface area contributed by atoms with Gasteiger partial charge in [0.25, 0.3) is 0 Å². The van der Waals surface area contributed by atoms with Gasteiger partial charge in [-0.1, -0.05) is 0 Å². The van der Waals surface area contributed by atoms with Gasteiger partial charge < -0.3 is 14.2 Å². The van der Waals surface area contributed by atoms with Gasteiger partial charge in [-0.15, -0.1) is 11.3 Å². The third-order valence-electron chi connectivity index (χ3n) is 2.98. The summed E-state index contributed by atoms with van der Waals surface area (Å²) in [6.45, 7) is 3.50. The van der Waals surface area contributed by atoms with Crippen molar-refractivity contribution in [3.8, 4) is 11.4 Å². The van der Waals surface area contributed by atoms with E-state index in [-0.39, 0.29) is 0 Å². The van der Waals surface area contributed by atoms with E-state index in [4.69, 9.17) is 9.72 Å². The Hall–Kier alpha value is -1.33. The van der Waals surface area contributed by atoms with E-state index in [1.807, 2.05) is 19.3 Å². The van der Waals surface area contributed by atoms with E-state index in [1.165, 1.54) is 5.69 Å². The molecule has 3 heterocycles. The lowest BCUT2D eigenvalue weighted by molar-refractivity contribution is 0.122. The molecule has 2 aromatic rings. The largest absolute Gasteiger partial charge is 0.378 e. The lowest BCUT2D eigenvalue weighted by Gasteiger charge is -2.26. The Morgan fingerprint density at radius 2 is 2.18 bits per heavy atom. The first kappa shape index (κ1) is 10.8. The number of rotatable bonds is 2. The van der Waals surface area contributed by atoms with Crippen LogP contribution in [0.4, 0.5) is 5.13 Å². The van der Waals surface area contributed by atoms with Crippen LogP contribution in [0.15, 0.2) is 23.7 Å². The van der Waals surface area contributed by atoms with E-state index < -0.39 is 0 Å². The molecule has 1 saturated heterocycles. The molecule has 0 aromatic carbocycles. The third kappa shape index (κ3) is 2.08. The quantitative estimate of drug-likeness (QED) is 0.815. The number of aromatic nitrogens is 2. The average Bonchev–Trinajstić information content (AvgIpc) is 2.98. The summed E-state index contributed by atoms with van der Waals surface area (Å²) in [7, 11) is 2.04. The predicted molar refractivity (Wildman–Crippen MR) is 69.6 cm³/mol. The lowest BCUT2D eigenvalue weighted by Crippen LogP contribution is -2.36. The first-order valence-electron chi connectivity index (χ1n) is 5.74. The molecule has 90 valence electrons. The van der Waals surface area contributed by atoms with Crippen LogP contribution < -0.4 is 4.90 Å². The van der Waals surface area contributed by atoms with Crippen molar-refractivity contribution in [2.45, 2.75) is 0 Å². The molecular weight excluding hydrogens is 234 g/mol. The lowest BCUT2D eigenvalue weighted by atomic mass is 10.3. The normalized spacial score (nSPS) is 16.4. The molecule has 2 aromatic heterocycles. The zero-order valence-corrected chi connectivity index (χ0v) is 10.6. The summed E-state index contributed by atoms with van der Waals surface area (Å²) in [4.78, 5) is 7.00. The van der Waals surface area contributed by atoms with E-state index in [9.17, 15) is 0 Å². The minimum Gasteiger partial charge on any atom is -0.378 e. The second-order valence-electron chi connectivity index (χ2n) is 4.12. The van der Waals surface area contributed by atoms with Crippen molar-refractivity contribution in [3.63, 3.8) is 0 Å². The first-order chi connectivity index (χ1) is 8.34. The highest BCUT2D eigenvalue weighted by molar-refractivity contribution is 7.14. The minimum absolute atomic E-state index is 0.805. The second-order valence-corrected chi connectivity index (χ2v) is 4.96. The minimum atomic E-state index is 0.805. The molecule has 0 spiro atoms. The van der Waals surface area contributed by atoms with Gasteiger partial charge in [-0.05, 0) is 12.1 Å². The highest BCUT2D eigenvalue weighted by atomic mass is 32.1. The van der Waals surface area contributed by atoms with Crippen LogP contribution in [0.2, 0.25) is 0 Å². The number of ether oxygens (including phenoxy) is 1. The molecule has 0 radical (unpaired) electrons. The van der Waals surface area contributed by atoms with Crippen LogP contribution in [0.1, 0.15) is 0 Å². The molecule has 1 aliphatic rings. The smallest absolute Gasteiger partial charge is 0.186 e. The SMILES string of the molecule is Cn1cccc1-c1csc(N2CCOCC2)n1. The Labute approximate surface area is 104 Å². The van der Waals surface area contributed by atoms with Crippen LogP contribution in [-0.4, -0.2) is 35.9 Å². The van der Waals surface area contributed by atoms with E-state index in [0.29, 0.717) is 0 Å². The van der Waals surface area contributed by atoms with Crippen molar-refractivity contribution in [3.05, 3.63) is 23.7 Å². The standard InChI is InChI=1S/C12H15N3OS/c1-14-4-2-3-11(14)10-9-17-12(13-10)15-5-7-16-8-6-15/h2-4,9H,5-8H2,1H3. The summed E-state index contributed by atoms with van der Waals surface area (Å²) in [6.07, 6.45) is 2.04. The van der Waals surface area contributed by atoms with E-state index in [0.717, 1.165) is 37.1 Å². The average molecular weight is 249 g/mol. The Balaban J connectivity index is 1.85. The van der Waals surface area contributed by atoms with Gasteiger partial charge in [0.2, 0.25) is 0 Å². The molecular formula is C12H15N3OS. The van der Waals surface area contributed by atoms with E-state index >= 15 is 0 Å². The summed E-state index contributed by atoms with van der Waals surface area (Å²) in [5, 5.41) is 3.23. The first-order valence-corrected chi connectivity index (χ1v) is 6.62. The van der Waals surface area contributed by atoms with E-state index in [1.54, 1.807) is 11.3 Å². The topological polar surface area (TPSA) is 30.3 Å². The molecule has 3 rings (SSSR count). The van der Waals surface area contributed by atoms with Gasteiger partial charge in [-0.2, -0.15) is 0 Å². The van der Waals surface area contributed by atoms with Crippen molar-refractivity contribution < 1.29 is 4.74 Å². The number of morpholine rings is 1.